The number of thioether (sulfide) groups is 1. The predicted octanol–water partition coefficient (Wildman–Crippen LogP) is 3.21. The number of rotatable bonds is 8. The van der Waals surface area contributed by atoms with Gasteiger partial charge in [-0.1, -0.05) is 41.6 Å². The summed E-state index contributed by atoms with van der Waals surface area (Å²) in [6.07, 6.45) is 10.1. The van der Waals surface area contributed by atoms with Gasteiger partial charge in [0.1, 0.15) is 0 Å². The Labute approximate surface area is 193 Å². The third-order valence-corrected chi connectivity index (χ3v) is 6.83. The number of carbonyl (C=O) groups is 1. The number of aryl methyl sites for hydroxylation is 2. The molecule has 4 rings (SSSR count). The fourth-order valence-corrected chi connectivity index (χ4v) is 4.88. The highest BCUT2D eigenvalue weighted by molar-refractivity contribution is 8.05. The van der Waals surface area contributed by atoms with Crippen molar-refractivity contribution in [2.75, 3.05) is 11.9 Å². The first-order valence-electron chi connectivity index (χ1n) is 11.3. The number of carbonyl (C=O) groups excluding carboxylic acids is 1. The highest BCUT2D eigenvalue weighted by Gasteiger charge is 2.25. The molecule has 7 nitrogen and oxygen atoms in total. The molecule has 1 aliphatic carbocycles. The van der Waals surface area contributed by atoms with E-state index in [1.807, 2.05) is 0 Å². The summed E-state index contributed by atoms with van der Waals surface area (Å²) >= 11 is 1.09. The van der Waals surface area contributed by atoms with E-state index >= 15 is 0 Å². The summed E-state index contributed by atoms with van der Waals surface area (Å²) in [5.41, 5.74) is 2.48. The van der Waals surface area contributed by atoms with E-state index < -0.39 is 5.56 Å². The van der Waals surface area contributed by atoms with Gasteiger partial charge in [0, 0.05) is 18.3 Å². The van der Waals surface area contributed by atoms with Gasteiger partial charge in [0.25, 0.3) is 5.91 Å². The number of aliphatic hydroxyl groups excluding tert-OH is 1. The van der Waals surface area contributed by atoms with Crippen molar-refractivity contribution in [1.82, 2.24) is 20.6 Å². The molecule has 1 amide bonds. The van der Waals surface area contributed by atoms with E-state index in [9.17, 15) is 9.90 Å². The number of hydrogen-bond acceptors (Lipinski definition) is 7. The van der Waals surface area contributed by atoms with Gasteiger partial charge >= 0.3 is 0 Å². The van der Waals surface area contributed by atoms with Crippen molar-refractivity contribution in [2.24, 2.45) is 0 Å². The number of hydrogen-bond donors (Lipinski definition) is 4. The summed E-state index contributed by atoms with van der Waals surface area (Å²) < 4.78 is 0. The molecule has 32 heavy (non-hydrogen) atoms. The zero-order valence-corrected chi connectivity index (χ0v) is 19.2. The normalized spacial score (nSPS) is 24.5. The maximum absolute atomic E-state index is 11.8. The zero-order valence-electron chi connectivity index (χ0n) is 18.4. The van der Waals surface area contributed by atoms with Gasteiger partial charge in [-0.25, -0.2) is 9.97 Å². The summed E-state index contributed by atoms with van der Waals surface area (Å²) in [6.45, 7) is 3.18. The second kappa shape index (κ2) is 10.9. The van der Waals surface area contributed by atoms with Crippen LogP contribution in [0.4, 0.5) is 5.95 Å². The molecule has 2 fully saturated rings. The van der Waals surface area contributed by atoms with E-state index in [2.05, 4.69) is 57.1 Å². The highest BCUT2D eigenvalue weighted by atomic mass is 32.2. The van der Waals surface area contributed by atoms with Crippen LogP contribution in [0.1, 0.15) is 48.9 Å². The standard InChI is InChI=1S/C24H31N5O2S/c1-16-4-6-17(7-5-16)3-2-13-25-18-8-10-19(11-9-18)27-23-26-14-12-20(28-23)15-21-22(30)29-24(31)32-21/h4-7,12,14-15,18-19,24-25,31H,2-3,8-11,13H2,1H3,(H,29,30)(H,26,27,28)/b21-15-/t18-,19-,24?. The fraction of sp³-hybridized carbons (Fsp3) is 0.458. The van der Waals surface area contributed by atoms with Gasteiger partial charge in [-0.05, 0) is 69.7 Å². The predicted molar refractivity (Wildman–Crippen MR) is 129 cm³/mol. The number of nitrogens with zero attached hydrogens (tertiary/aromatic N) is 2. The molecule has 0 spiro atoms. The van der Waals surface area contributed by atoms with Crippen LogP contribution in [-0.2, 0) is 11.2 Å². The fourth-order valence-electron chi connectivity index (χ4n) is 4.12. The second-order valence-electron chi connectivity index (χ2n) is 8.49. The molecule has 0 radical (unpaired) electrons. The summed E-state index contributed by atoms with van der Waals surface area (Å²) in [5.74, 6) is 0.304. The lowest BCUT2D eigenvalue weighted by Crippen LogP contribution is -2.37. The van der Waals surface area contributed by atoms with E-state index in [1.54, 1.807) is 18.3 Å². The van der Waals surface area contributed by atoms with Crippen molar-refractivity contribution in [3.63, 3.8) is 0 Å². The van der Waals surface area contributed by atoms with Crippen molar-refractivity contribution < 1.29 is 9.90 Å². The Morgan fingerprint density at radius 3 is 2.62 bits per heavy atom. The van der Waals surface area contributed by atoms with Crippen LogP contribution in [0.3, 0.4) is 0 Å². The summed E-state index contributed by atoms with van der Waals surface area (Å²) in [5, 5.41) is 19.1. The first-order chi connectivity index (χ1) is 15.5. The Morgan fingerprint density at radius 1 is 1.16 bits per heavy atom. The van der Waals surface area contributed by atoms with E-state index in [-0.39, 0.29) is 5.91 Å². The van der Waals surface area contributed by atoms with Gasteiger partial charge in [0.15, 0.2) is 5.56 Å². The first kappa shape index (κ1) is 22.8. The van der Waals surface area contributed by atoms with Crippen molar-refractivity contribution >= 4 is 29.7 Å². The Bertz CT molecular complexity index is 942. The lowest BCUT2D eigenvalue weighted by molar-refractivity contribution is -0.117. The van der Waals surface area contributed by atoms with Gasteiger partial charge < -0.3 is 21.1 Å². The second-order valence-corrected chi connectivity index (χ2v) is 9.62. The number of anilines is 1. The first-order valence-corrected chi connectivity index (χ1v) is 12.2. The molecule has 1 unspecified atom stereocenters. The summed E-state index contributed by atoms with van der Waals surface area (Å²) in [7, 11) is 0. The molecular formula is C24H31N5O2S. The van der Waals surface area contributed by atoms with Crippen molar-refractivity contribution in [1.29, 1.82) is 0 Å². The Kier molecular flexibility index (Phi) is 7.78. The smallest absolute Gasteiger partial charge is 0.260 e. The number of nitrogens with one attached hydrogen (secondary N) is 3. The van der Waals surface area contributed by atoms with Gasteiger partial charge in [0.2, 0.25) is 5.95 Å². The molecule has 2 aliphatic rings. The van der Waals surface area contributed by atoms with Crippen molar-refractivity contribution in [3.8, 4) is 0 Å². The topological polar surface area (TPSA) is 99.2 Å². The minimum atomic E-state index is -0.889. The SMILES string of the molecule is Cc1ccc(CCCN[C@H]2CC[C@H](Nc3nccc(/C=C4\SC(O)NC4=O)n3)CC2)cc1. The quantitative estimate of drug-likeness (QED) is 0.360. The Hall–Kier alpha value is -2.42. The van der Waals surface area contributed by atoms with Crippen molar-refractivity contribution in [3.05, 3.63) is 58.3 Å². The maximum atomic E-state index is 11.8. The third kappa shape index (κ3) is 6.54. The average molecular weight is 454 g/mol. The van der Waals surface area contributed by atoms with Gasteiger partial charge in [0.05, 0.1) is 10.6 Å². The highest BCUT2D eigenvalue weighted by Crippen LogP contribution is 2.27. The van der Waals surface area contributed by atoms with Gasteiger partial charge in [-0.3, -0.25) is 4.79 Å². The van der Waals surface area contributed by atoms with E-state index in [1.165, 1.54) is 11.1 Å². The number of aromatic nitrogens is 2. The monoisotopic (exact) mass is 453 g/mol. The van der Waals surface area contributed by atoms with Crippen LogP contribution in [-0.4, -0.2) is 45.2 Å². The lowest BCUT2D eigenvalue weighted by atomic mass is 9.91. The Morgan fingerprint density at radius 2 is 1.91 bits per heavy atom. The van der Waals surface area contributed by atoms with Crippen LogP contribution in [0.25, 0.3) is 6.08 Å². The van der Waals surface area contributed by atoms with Crippen LogP contribution in [0.15, 0.2) is 41.4 Å². The molecule has 1 saturated heterocycles. The summed E-state index contributed by atoms with van der Waals surface area (Å²) in [6, 6.07) is 11.5. The number of amides is 1. The number of aliphatic hydroxyl groups is 1. The van der Waals surface area contributed by atoms with Gasteiger partial charge in [-0.2, -0.15) is 0 Å². The molecule has 1 aliphatic heterocycles. The number of benzene rings is 1. The maximum Gasteiger partial charge on any atom is 0.260 e. The van der Waals surface area contributed by atoms with E-state index in [0.29, 0.717) is 28.6 Å². The molecular weight excluding hydrogens is 422 g/mol. The minimum absolute atomic E-state index is 0.277. The third-order valence-electron chi connectivity index (χ3n) is 5.93. The molecule has 1 aromatic carbocycles. The van der Waals surface area contributed by atoms with Crippen LogP contribution in [0.2, 0.25) is 0 Å². The molecule has 8 heteroatoms. The van der Waals surface area contributed by atoms with Crippen LogP contribution in [0.5, 0.6) is 0 Å². The molecule has 4 N–H and O–H groups in total. The molecule has 1 aromatic heterocycles. The largest absolute Gasteiger partial charge is 0.364 e. The van der Waals surface area contributed by atoms with E-state index in [0.717, 1.165) is 56.8 Å². The van der Waals surface area contributed by atoms with Crippen LogP contribution < -0.4 is 16.0 Å². The molecule has 2 heterocycles. The minimum Gasteiger partial charge on any atom is -0.364 e. The van der Waals surface area contributed by atoms with Crippen molar-refractivity contribution in [2.45, 2.75) is 63.1 Å². The van der Waals surface area contributed by atoms with Crippen LogP contribution in [0, 0.1) is 6.92 Å². The molecule has 1 saturated carbocycles. The average Bonchev–Trinajstić information content (AvgIpc) is 3.10. The molecule has 0 bridgehead atoms. The van der Waals surface area contributed by atoms with Crippen LogP contribution >= 0.6 is 11.8 Å². The molecule has 2 aromatic rings. The lowest BCUT2D eigenvalue weighted by Gasteiger charge is -2.29. The van der Waals surface area contributed by atoms with Gasteiger partial charge in [-0.15, -0.1) is 0 Å². The molecule has 170 valence electrons. The zero-order chi connectivity index (χ0) is 22.3. The summed E-state index contributed by atoms with van der Waals surface area (Å²) in [4.78, 5) is 21.1. The molecule has 1 atom stereocenters. The Balaban J connectivity index is 1.18. The van der Waals surface area contributed by atoms with E-state index in [4.69, 9.17) is 0 Å².